The smallest absolute Gasteiger partial charge is 0.320 e. The minimum absolute atomic E-state index is 0.228. The minimum Gasteiger partial charge on any atom is -0.329 e. The Hall–Kier alpha value is -2.56. The Balaban J connectivity index is 2.20. The first-order chi connectivity index (χ1) is 10.7. The lowest BCUT2D eigenvalue weighted by molar-refractivity contribution is 0.242. The molecule has 5 heteroatoms. The monoisotopic (exact) mass is 313 g/mol. The topological polar surface area (TPSA) is 63.1 Å². The lowest BCUT2D eigenvalue weighted by Gasteiger charge is -2.27. The van der Waals surface area contributed by atoms with Gasteiger partial charge in [-0.25, -0.2) is 4.79 Å². The molecule has 0 aliphatic rings. The van der Waals surface area contributed by atoms with Crippen LogP contribution in [0.15, 0.2) is 41.3 Å². The molecule has 122 valence electrons. The van der Waals surface area contributed by atoms with Crippen LogP contribution in [0.25, 0.3) is 0 Å². The molecular weight excluding hydrogens is 290 g/mol. The molecule has 0 saturated carbocycles. The molecule has 0 aliphatic carbocycles. The molecule has 0 spiro atoms. The van der Waals surface area contributed by atoms with Crippen LogP contribution in [0.2, 0.25) is 0 Å². The van der Waals surface area contributed by atoms with E-state index >= 15 is 0 Å². The Labute approximate surface area is 136 Å². The zero-order valence-electron chi connectivity index (χ0n) is 14.2. The fourth-order valence-electron chi connectivity index (χ4n) is 2.41. The summed E-state index contributed by atoms with van der Waals surface area (Å²) in [6.45, 7) is 7.66. The summed E-state index contributed by atoms with van der Waals surface area (Å²) in [6.07, 6.45) is 1.68. The van der Waals surface area contributed by atoms with Crippen molar-refractivity contribution in [2.45, 2.75) is 33.2 Å². The standard InChI is InChI=1S/C18H23N3O2/c1-12-7-6-8-14(11-12)18(3,4)20-17(23)19-15-13(2)9-10-21(5)16(15)22/h6-11H,1-5H3,(H2,19,20,23). The van der Waals surface area contributed by atoms with E-state index < -0.39 is 11.6 Å². The predicted octanol–water partition coefficient (Wildman–Crippen LogP) is 3.06. The highest BCUT2D eigenvalue weighted by atomic mass is 16.2. The molecule has 0 bridgehead atoms. The van der Waals surface area contributed by atoms with Crippen LogP contribution >= 0.6 is 0 Å². The molecule has 0 radical (unpaired) electrons. The third-order valence-electron chi connectivity index (χ3n) is 3.88. The maximum atomic E-state index is 12.3. The maximum absolute atomic E-state index is 12.3. The van der Waals surface area contributed by atoms with Crippen LogP contribution in [0.4, 0.5) is 10.5 Å². The number of benzene rings is 1. The van der Waals surface area contributed by atoms with Crippen molar-refractivity contribution in [3.05, 3.63) is 63.6 Å². The van der Waals surface area contributed by atoms with E-state index in [9.17, 15) is 9.59 Å². The van der Waals surface area contributed by atoms with E-state index in [2.05, 4.69) is 10.6 Å². The molecule has 0 aliphatic heterocycles. The molecule has 1 aromatic carbocycles. The third-order valence-corrected chi connectivity index (χ3v) is 3.88. The van der Waals surface area contributed by atoms with Gasteiger partial charge in [0, 0.05) is 13.2 Å². The largest absolute Gasteiger partial charge is 0.329 e. The van der Waals surface area contributed by atoms with Gasteiger partial charge in [0.1, 0.15) is 5.69 Å². The number of hydrogen-bond donors (Lipinski definition) is 2. The summed E-state index contributed by atoms with van der Waals surface area (Å²) >= 11 is 0. The van der Waals surface area contributed by atoms with Gasteiger partial charge >= 0.3 is 6.03 Å². The van der Waals surface area contributed by atoms with Crippen molar-refractivity contribution in [1.29, 1.82) is 0 Å². The average molecular weight is 313 g/mol. The first-order valence-electron chi connectivity index (χ1n) is 7.53. The highest BCUT2D eigenvalue weighted by Gasteiger charge is 2.23. The molecule has 23 heavy (non-hydrogen) atoms. The SMILES string of the molecule is Cc1cccc(C(C)(C)NC(=O)Nc2c(C)ccn(C)c2=O)c1. The number of rotatable bonds is 3. The van der Waals surface area contributed by atoms with Crippen LogP contribution < -0.4 is 16.2 Å². The molecule has 2 rings (SSSR count). The first kappa shape index (κ1) is 16.8. The molecule has 2 aromatic rings. The third kappa shape index (κ3) is 3.80. The number of aromatic nitrogens is 1. The van der Waals surface area contributed by atoms with E-state index in [-0.39, 0.29) is 5.56 Å². The van der Waals surface area contributed by atoms with Gasteiger partial charge in [-0.3, -0.25) is 4.79 Å². The molecule has 1 heterocycles. The Bertz CT molecular complexity index is 791. The van der Waals surface area contributed by atoms with Gasteiger partial charge in [-0.05, 0) is 44.9 Å². The lowest BCUT2D eigenvalue weighted by atomic mass is 9.93. The van der Waals surface area contributed by atoms with Gasteiger partial charge in [0.2, 0.25) is 0 Å². The second-order valence-corrected chi connectivity index (χ2v) is 6.36. The Morgan fingerprint density at radius 3 is 2.52 bits per heavy atom. The first-order valence-corrected chi connectivity index (χ1v) is 7.53. The summed E-state index contributed by atoms with van der Waals surface area (Å²) in [7, 11) is 1.65. The zero-order chi connectivity index (χ0) is 17.2. The predicted molar refractivity (Wildman–Crippen MR) is 92.8 cm³/mol. The number of hydrogen-bond acceptors (Lipinski definition) is 2. The van der Waals surface area contributed by atoms with E-state index in [1.54, 1.807) is 26.2 Å². The fourth-order valence-corrected chi connectivity index (χ4v) is 2.41. The summed E-state index contributed by atoms with van der Waals surface area (Å²) in [5, 5.41) is 5.60. The molecule has 0 atom stereocenters. The van der Waals surface area contributed by atoms with E-state index in [1.807, 2.05) is 45.0 Å². The molecular formula is C18H23N3O2. The number of aryl methyl sites for hydroxylation is 3. The van der Waals surface area contributed by atoms with Gasteiger partial charge in [-0.2, -0.15) is 0 Å². The van der Waals surface area contributed by atoms with E-state index in [1.165, 1.54) is 4.57 Å². The van der Waals surface area contributed by atoms with Crippen LogP contribution in [0, 0.1) is 13.8 Å². The zero-order valence-corrected chi connectivity index (χ0v) is 14.2. The summed E-state index contributed by atoms with van der Waals surface area (Å²) in [6, 6.07) is 9.37. The highest BCUT2D eigenvalue weighted by Crippen LogP contribution is 2.21. The van der Waals surface area contributed by atoms with Crippen molar-refractivity contribution < 1.29 is 4.79 Å². The number of nitrogens with zero attached hydrogens (tertiary/aromatic N) is 1. The van der Waals surface area contributed by atoms with Crippen LogP contribution in [-0.2, 0) is 12.6 Å². The second-order valence-electron chi connectivity index (χ2n) is 6.36. The van der Waals surface area contributed by atoms with E-state index in [0.717, 1.165) is 16.7 Å². The number of carbonyl (C=O) groups excluding carboxylic acids is 1. The number of nitrogens with one attached hydrogen (secondary N) is 2. The number of carbonyl (C=O) groups is 1. The van der Waals surface area contributed by atoms with Crippen LogP contribution in [0.5, 0.6) is 0 Å². The van der Waals surface area contributed by atoms with Gasteiger partial charge in [-0.1, -0.05) is 29.8 Å². The number of anilines is 1. The van der Waals surface area contributed by atoms with Gasteiger partial charge < -0.3 is 15.2 Å². The quantitative estimate of drug-likeness (QED) is 0.915. The summed E-state index contributed by atoms with van der Waals surface area (Å²) in [4.78, 5) is 24.5. The Kier molecular flexibility index (Phi) is 4.59. The molecule has 1 aromatic heterocycles. The van der Waals surface area contributed by atoms with Crippen LogP contribution in [0.1, 0.15) is 30.5 Å². The molecule has 2 amide bonds. The molecule has 2 N–H and O–H groups in total. The molecule has 0 unspecified atom stereocenters. The van der Waals surface area contributed by atoms with Gasteiger partial charge in [0.15, 0.2) is 0 Å². The summed E-state index contributed by atoms with van der Waals surface area (Å²) < 4.78 is 1.44. The van der Waals surface area contributed by atoms with Crippen LogP contribution in [0.3, 0.4) is 0 Å². The highest BCUT2D eigenvalue weighted by molar-refractivity contribution is 5.90. The van der Waals surface area contributed by atoms with Crippen molar-refractivity contribution in [3.63, 3.8) is 0 Å². The van der Waals surface area contributed by atoms with E-state index in [0.29, 0.717) is 5.69 Å². The molecule has 0 saturated heterocycles. The van der Waals surface area contributed by atoms with Crippen molar-refractivity contribution >= 4 is 11.7 Å². The second kappa shape index (κ2) is 6.28. The Morgan fingerprint density at radius 1 is 1.17 bits per heavy atom. The van der Waals surface area contributed by atoms with Crippen molar-refractivity contribution in [2.75, 3.05) is 5.32 Å². The van der Waals surface area contributed by atoms with Crippen molar-refractivity contribution in [3.8, 4) is 0 Å². The van der Waals surface area contributed by atoms with Gasteiger partial charge in [0.05, 0.1) is 5.54 Å². The van der Waals surface area contributed by atoms with Crippen molar-refractivity contribution in [1.82, 2.24) is 9.88 Å². The minimum atomic E-state index is -0.552. The summed E-state index contributed by atoms with van der Waals surface area (Å²) in [5.41, 5.74) is 2.39. The van der Waals surface area contributed by atoms with Gasteiger partial charge in [0.25, 0.3) is 5.56 Å². The van der Waals surface area contributed by atoms with Crippen LogP contribution in [-0.4, -0.2) is 10.6 Å². The molecule has 0 fully saturated rings. The number of urea groups is 1. The summed E-state index contributed by atoms with van der Waals surface area (Å²) in [5.74, 6) is 0. The van der Waals surface area contributed by atoms with Crippen molar-refractivity contribution in [2.24, 2.45) is 7.05 Å². The molecule has 5 nitrogen and oxygen atoms in total. The number of amides is 2. The van der Waals surface area contributed by atoms with E-state index in [4.69, 9.17) is 0 Å². The number of pyridine rings is 1. The fraction of sp³-hybridized carbons (Fsp3) is 0.333. The normalized spacial score (nSPS) is 11.2. The average Bonchev–Trinajstić information content (AvgIpc) is 2.47. The van der Waals surface area contributed by atoms with Gasteiger partial charge in [-0.15, -0.1) is 0 Å². The lowest BCUT2D eigenvalue weighted by Crippen LogP contribution is -2.44. The Morgan fingerprint density at radius 2 is 1.87 bits per heavy atom. The maximum Gasteiger partial charge on any atom is 0.320 e.